The molecular weight excluding hydrogens is 223 g/mol. The number of nitrogens with zero attached hydrogens (tertiary/aromatic N) is 1. The van der Waals surface area contributed by atoms with Crippen molar-refractivity contribution in [3.8, 4) is 0 Å². The summed E-state index contributed by atoms with van der Waals surface area (Å²) in [4.78, 5) is 5.62. The number of rotatable bonds is 3. The van der Waals surface area contributed by atoms with Gasteiger partial charge in [0, 0.05) is 23.8 Å². The fourth-order valence-electron chi connectivity index (χ4n) is 2.15. The number of piperidine rings is 1. The Labute approximate surface area is 100 Å². The number of hydrogen-bond donors (Lipinski definition) is 1. The van der Waals surface area contributed by atoms with Crippen LogP contribution in [-0.2, 0) is 6.42 Å². The molecule has 2 rings (SSSR count). The molecule has 1 aromatic heterocycles. The van der Waals surface area contributed by atoms with Crippen LogP contribution >= 0.6 is 11.3 Å². The molecule has 0 bridgehead atoms. The van der Waals surface area contributed by atoms with Gasteiger partial charge in [0.1, 0.15) is 6.17 Å². The van der Waals surface area contributed by atoms with Crippen LogP contribution in [0, 0.1) is 19.8 Å². The molecule has 0 aromatic carbocycles. The molecule has 0 spiro atoms. The van der Waals surface area contributed by atoms with Gasteiger partial charge in [-0.3, -0.25) is 0 Å². The van der Waals surface area contributed by atoms with Crippen LogP contribution in [0.3, 0.4) is 0 Å². The second-order valence-electron chi connectivity index (χ2n) is 4.58. The summed E-state index contributed by atoms with van der Waals surface area (Å²) in [5.74, 6) is 0.179. The third-order valence-electron chi connectivity index (χ3n) is 3.29. The summed E-state index contributed by atoms with van der Waals surface area (Å²) in [6, 6.07) is 0. The van der Waals surface area contributed by atoms with Crippen LogP contribution in [0.1, 0.15) is 28.4 Å². The standard InChI is InChI=1S/C12H19FN2S/c1-8-9(2)16-12(15-8)6-11(13)10-4-3-5-14-7-10/h10-11,14H,3-7H2,1-2H3. The lowest BCUT2D eigenvalue weighted by atomic mass is 9.93. The molecule has 2 unspecified atom stereocenters. The van der Waals surface area contributed by atoms with Gasteiger partial charge < -0.3 is 5.32 Å². The van der Waals surface area contributed by atoms with E-state index >= 15 is 0 Å². The maximum absolute atomic E-state index is 14.0. The van der Waals surface area contributed by atoms with Crippen LogP contribution in [-0.4, -0.2) is 24.2 Å². The Hall–Kier alpha value is -0.480. The smallest absolute Gasteiger partial charge is 0.110 e. The van der Waals surface area contributed by atoms with Gasteiger partial charge >= 0.3 is 0 Å². The summed E-state index contributed by atoms with van der Waals surface area (Å²) in [5.41, 5.74) is 1.05. The molecule has 0 amide bonds. The molecule has 2 atom stereocenters. The van der Waals surface area contributed by atoms with Crippen LogP contribution in [0.4, 0.5) is 4.39 Å². The lowest BCUT2D eigenvalue weighted by molar-refractivity contribution is 0.191. The first-order valence-corrected chi connectivity index (χ1v) is 6.76. The molecule has 4 heteroatoms. The summed E-state index contributed by atoms with van der Waals surface area (Å²) >= 11 is 1.64. The van der Waals surface area contributed by atoms with Gasteiger partial charge in [0.15, 0.2) is 0 Å². The van der Waals surface area contributed by atoms with Crippen molar-refractivity contribution >= 4 is 11.3 Å². The molecule has 90 valence electrons. The molecule has 1 aliphatic rings. The van der Waals surface area contributed by atoms with Gasteiger partial charge in [0.2, 0.25) is 0 Å². The summed E-state index contributed by atoms with van der Waals surface area (Å²) in [6.45, 7) is 5.90. The topological polar surface area (TPSA) is 24.9 Å². The van der Waals surface area contributed by atoms with Gasteiger partial charge in [0.05, 0.1) is 10.7 Å². The van der Waals surface area contributed by atoms with Gasteiger partial charge in [-0.15, -0.1) is 11.3 Å². The molecule has 16 heavy (non-hydrogen) atoms. The molecular formula is C12H19FN2S. The minimum Gasteiger partial charge on any atom is -0.316 e. The van der Waals surface area contributed by atoms with Gasteiger partial charge in [-0.2, -0.15) is 0 Å². The first-order chi connectivity index (χ1) is 7.66. The van der Waals surface area contributed by atoms with Crippen LogP contribution in [0.25, 0.3) is 0 Å². The SMILES string of the molecule is Cc1nc(CC(F)C2CCCNC2)sc1C. The highest BCUT2D eigenvalue weighted by molar-refractivity contribution is 7.11. The number of nitrogens with one attached hydrogen (secondary N) is 1. The number of thiazole rings is 1. The quantitative estimate of drug-likeness (QED) is 0.881. The first kappa shape index (κ1) is 12.0. The zero-order valence-corrected chi connectivity index (χ0v) is 10.7. The van der Waals surface area contributed by atoms with E-state index in [1.54, 1.807) is 11.3 Å². The van der Waals surface area contributed by atoms with E-state index in [1.165, 1.54) is 4.88 Å². The largest absolute Gasteiger partial charge is 0.316 e. The average molecular weight is 242 g/mol. The summed E-state index contributed by atoms with van der Waals surface area (Å²) in [5, 5.41) is 4.21. The zero-order chi connectivity index (χ0) is 11.5. The van der Waals surface area contributed by atoms with Crippen molar-refractivity contribution in [2.24, 2.45) is 5.92 Å². The van der Waals surface area contributed by atoms with E-state index in [1.807, 2.05) is 13.8 Å². The van der Waals surface area contributed by atoms with E-state index in [2.05, 4.69) is 10.3 Å². The molecule has 0 aliphatic carbocycles. The average Bonchev–Trinajstić information content (AvgIpc) is 2.59. The Morgan fingerprint density at radius 1 is 1.56 bits per heavy atom. The Morgan fingerprint density at radius 2 is 2.38 bits per heavy atom. The second kappa shape index (κ2) is 5.23. The van der Waals surface area contributed by atoms with E-state index < -0.39 is 6.17 Å². The number of aryl methyl sites for hydroxylation is 2. The highest BCUT2D eigenvalue weighted by atomic mass is 32.1. The summed E-state index contributed by atoms with van der Waals surface area (Å²) in [6.07, 6.45) is 1.86. The third kappa shape index (κ3) is 2.80. The highest BCUT2D eigenvalue weighted by Gasteiger charge is 2.24. The van der Waals surface area contributed by atoms with Crippen molar-refractivity contribution in [3.05, 3.63) is 15.6 Å². The number of alkyl halides is 1. The van der Waals surface area contributed by atoms with Crippen LogP contribution in [0.2, 0.25) is 0 Å². The van der Waals surface area contributed by atoms with E-state index in [4.69, 9.17) is 0 Å². The Bertz CT molecular complexity index is 325. The fourth-order valence-corrected chi connectivity index (χ4v) is 3.12. The minimum absolute atomic E-state index is 0.179. The number of aromatic nitrogens is 1. The number of halogens is 1. The van der Waals surface area contributed by atoms with Crippen LogP contribution in [0.5, 0.6) is 0 Å². The monoisotopic (exact) mass is 242 g/mol. The Kier molecular flexibility index (Phi) is 3.92. The lowest BCUT2D eigenvalue weighted by Crippen LogP contribution is -2.35. The van der Waals surface area contributed by atoms with Crippen molar-refractivity contribution in [1.29, 1.82) is 0 Å². The van der Waals surface area contributed by atoms with Crippen molar-refractivity contribution in [2.75, 3.05) is 13.1 Å². The normalized spacial score (nSPS) is 23.3. The molecule has 1 fully saturated rings. The van der Waals surface area contributed by atoms with Gasteiger partial charge in [0.25, 0.3) is 0 Å². The predicted molar refractivity (Wildman–Crippen MR) is 65.8 cm³/mol. The molecule has 1 N–H and O–H groups in total. The number of hydrogen-bond acceptors (Lipinski definition) is 3. The fraction of sp³-hybridized carbons (Fsp3) is 0.750. The van der Waals surface area contributed by atoms with Crippen molar-refractivity contribution in [3.63, 3.8) is 0 Å². The van der Waals surface area contributed by atoms with Gasteiger partial charge in [-0.25, -0.2) is 9.37 Å². The first-order valence-electron chi connectivity index (χ1n) is 5.94. The van der Waals surface area contributed by atoms with Crippen LogP contribution in [0.15, 0.2) is 0 Å². The lowest BCUT2D eigenvalue weighted by Gasteiger charge is -2.25. The Morgan fingerprint density at radius 3 is 2.94 bits per heavy atom. The molecule has 2 nitrogen and oxygen atoms in total. The van der Waals surface area contributed by atoms with E-state index in [-0.39, 0.29) is 5.92 Å². The van der Waals surface area contributed by atoms with E-state index in [0.717, 1.165) is 36.6 Å². The van der Waals surface area contributed by atoms with Gasteiger partial charge in [-0.1, -0.05) is 0 Å². The second-order valence-corrected chi connectivity index (χ2v) is 5.86. The maximum atomic E-state index is 14.0. The minimum atomic E-state index is -0.738. The molecule has 1 aromatic rings. The third-order valence-corrected chi connectivity index (χ3v) is 4.38. The molecule has 1 saturated heterocycles. The summed E-state index contributed by atoms with van der Waals surface area (Å²) in [7, 11) is 0. The van der Waals surface area contributed by atoms with Crippen LogP contribution < -0.4 is 5.32 Å². The predicted octanol–water partition coefficient (Wildman–Crippen LogP) is 2.64. The highest BCUT2D eigenvalue weighted by Crippen LogP contribution is 2.24. The van der Waals surface area contributed by atoms with Crippen molar-refractivity contribution < 1.29 is 4.39 Å². The molecule has 1 aliphatic heterocycles. The van der Waals surface area contributed by atoms with Crippen molar-refractivity contribution in [1.82, 2.24) is 10.3 Å². The molecule has 0 radical (unpaired) electrons. The Balaban J connectivity index is 1.93. The molecule has 0 saturated carbocycles. The zero-order valence-electron chi connectivity index (χ0n) is 9.92. The van der Waals surface area contributed by atoms with Crippen molar-refractivity contribution in [2.45, 2.75) is 39.3 Å². The van der Waals surface area contributed by atoms with E-state index in [9.17, 15) is 4.39 Å². The maximum Gasteiger partial charge on any atom is 0.110 e. The molecule has 2 heterocycles. The van der Waals surface area contributed by atoms with Gasteiger partial charge in [-0.05, 0) is 33.2 Å². The van der Waals surface area contributed by atoms with E-state index in [0.29, 0.717) is 6.42 Å². The summed E-state index contributed by atoms with van der Waals surface area (Å²) < 4.78 is 14.0.